The fourth-order valence-corrected chi connectivity index (χ4v) is 3.94. The van der Waals surface area contributed by atoms with Gasteiger partial charge in [-0.05, 0) is 36.0 Å². The van der Waals surface area contributed by atoms with Crippen LogP contribution in [0.15, 0.2) is 78.9 Å². The van der Waals surface area contributed by atoms with Crippen LogP contribution in [0.25, 0.3) is 11.1 Å². The second-order valence-corrected chi connectivity index (χ2v) is 7.33. The molecule has 5 heteroatoms. The third kappa shape index (κ3) is 4.23. The lowest BCUT2D eigenvalue weighted by Gasteiger charge is -2.37. The van der Waals surface area contributed by atoms with Gasteiger partial charge in [0.25, 0.3) is 0 Å². The zero-order valence-corrected chi connectivity index (χ0v) is 16.9. The van der Waals surface area contributed by atoms with Crippen molar-refractivity contribution < 1.29 is 0 Å². The second-order valence-electron chi connectivity index (χ2n) is 6.94. The minimum absolute atomic E-state index is 0.721. The number of rotatable bonds is 3. The molecule has 0 spiro atoms. The fraction of sp³-hybridized carbons (Fsp3) is 0.167. The maximum absolute atomic E-state index is 9.36. The molecule has 0 saturated carbocycles. The number of para-hydroxylation sites is 2. The molecule has 144 valence electrons. The average Bonchev–Trinajstić information content (AvgIpc) is 2.80. The molecule has 3 aromatic carbocycles. The van der Waals surface area contributed by atoms with E-state index in [9.17, 15) is 5.26 Å². The molecular weight excluding hydrogens is 376 g/mol. The van der Waals surface area contributed by atoms with Crippen molar-refractivity contribution in [2.75, 3.05) is 36.4 Å². The highest BCUT2D eigenvalue weighted by atomic mass is 32.1. The Morgan fingerprint density at radius 2 is 1.48 bits per heavy atom. The molecule has 1 fully saturated rings. The van der Waals surface area contributed by atoms with Gasteiger partial charge >= 0.3 is 0 Å². The molecule has 0 amide bonds. The molecule has 0 aromatic heterocycles. The Bertz CT molecular complexity index is 1030. The number of nitriles is 1. The van der Waals surface area contributed by atoms with Gasteiger partial charge in [0.2, 0.25) is 0 Å². The van der Waals surface area contributed by atoms with Crippen LogP contribution < -0.4 is 10.2 Å². The van der Waals surface area contributed by atoms with Gasteiger partial charge in [-0.25, -0.2) is 0 Å². The summed E-state index contributed by atoms with van der Waals surface area (Å²) in [6.45, 7) is 3.31. The summed E-state index contributed by atoms with van der Waals surface area (Å²) in [5.41, 5.74) is 5.04. The highest BCUT2D eigenvalue weighted by molar-refractivity contribution is 7.80. The lowest BCUT2D eigenvalue weighted by atomic mass is 10.0. The largest absolute Gasteiger partial charge is 0.367 e. The Kier molecular flexibility index (Phi) is 5.73. The molecule has 4 rings (SSSR count). The van der Waals surface area contributed by atoms with Crippen LogP contribution in [0.2, 0.25) is 0 Å². The molecule has 0 bridgehead atoms. The van der Waals surface area contributed by atoms with Crippen LogP contribution >= 0.6 is 12.2 Å². The molecule has 1 aliphatic heterocycles. The van der Waals surface area contributed by atoms with E-state index in [1.807, 2.05) is 54.6 Å². The maximum atomic E-state index is 9.36. The summed E-state index contributed by atoms with van der Waals surface area (Å²) in [6, 6.07) is 28.6. The van der Waals surface area contributed by atoms with Gasteiger partial charge < -0.3 is 15.1 Å². The van der Waals surface area contributed by atoms with Gasteiger partial charge in [-0.2, -0.15) is 5.26 Å². The maximum Gasteiger partial charge on any atom is 0.173 e. The molecule has 1 N–H and O–H groups in total. The molecule has 0 radical (unpaired) electrons. The summed E-state index contributed by atoms with van der Waals surface area (Å²) in [5.74, 6) is 0. The average molecular weight is 399 g/mol. The first-order valence-electron chi connectivity index (χ1n) is 9.71. The predicted octanol–water partition coefficient (Wildman–Crippen LogP) is 4.74. The molecular formula is C24H22N4S. The number of piperazine rings is 1. The van der Waals surface area contributed by atoms with Gasteiger partial charge in [0, 0.05) is 37.4 Å². The smallest absolute Gasteiger partial charge is 0.173 e. The number of hydrogen-bond acceptors (Lipinski definition) is 3. The summed E-state index contributed by atoms with van der Waals surface area (Å²) >= 11 is 5.71. The fourth-order valence-electron chi connectivity index (χ4n) is 3.65. The van der Waals surface area contributed by atoms with Crippen molar-refractivity contribution in [2.45, 2.75) is 0 Å². The first-order valence-corrected chi connectivity index (χ1v) is 10.1. The number of nitrogens with one attached hydrogen (secondary N) is 1. The van der Waals surface area contributed by atoms with Crippen molar-refractivity contribution in [3.8, 4) is 17.2 Å². The molecule has 0 atom stereocenters. The van der Waals surface area contributed by atoms with Crippen LogP contribution in [0.3, 0.4) is 0 Å². The van der Waals surface area contributed by atoms with Crippen LogP contribution in [0, 0.1) is 11.3 Å². The Balaban J connectivity index is 1.43. The third-order valence-electron chi connectivity index (χ3n) is 5.19. The molecule has 1 saturated heterocycles. The van der Waals surface area contributed by atoms with E-state index in [0.717, 1.165) is 59.4 Å². The summed E-state index contributed by atoms with van der Waals surface area (Å²) < 4.78 is 0. The summed E-state index contributed by atoms with van der Waals surface area (Å²) in [5, 5.41) is 13.5. The van der Waals surface area contributed by atoms with Crippen LogP contribution in [-0.2, 0) is 0 Å². The van der Waals surface area contributed by atoms with Crippen molar-refractivity contribution in [1.82, 2.24) is 4.90 Å². The monoisotopic (exact) mass is 398 g/mol. The minimum Gasteiger partial charge on any atom is -0.367 e. The Morgan fingerprint density at radius 1 is 0.828 bits per heavy atom. The zero-order valence-electron chi connectivity index (χ0n) is 16.1. The van der Waals surface area contributed by atoms with E-state index in [2.05, 4.69) is 45.5 Å². The Hall–Kier alpha value is -3.36. The van der Waals surface area contributed by atoms with Crippen LogP contribution in [0.1, 0.15) is 5.56 Å². The van der Waals surface area contributed by atoms with Gasteiger partial charge in [-0.3, -0.25) is 0 Å². The predicted molar refractivity (Wildman–Crippen MR) is 123 cm³/mol. The van der Waals surface area contributed by atoms with Crippen LogP contribution in [0.5, 0.6) is 0 Å². The molecule has 1 heterocycles. The number of nitrogens with zero attached hydrogens (tertiary/aromatic N) is 3. The number of hydrogen-bond donors (Lipinski definition) is 1. The third-order valence-corrected chi connectivity index (χ3v) is 5.55. The number of thiocarbonyl (C=S) groups is 1. The standard InChI is InChI=1S/C24H22N4S/c25-18-20-10-4-7-13-23(20)27-14-16-28(17-15-27)24(29)26-22-12-6-5-11-21(22)19-8-2-1-3-9-19/h1-13H,14-17H2,(H,26,29). The van der Waals surface area contributed by atoms with E-state index in [1.54, 1.807) is 0 Å². The van der Waals surface area contributed by atoms with Gasteiger partial charge in [-0.15, -0.1) is 0 Å². The van der Waals surface area contributed by atoms with Crippen molar-refractivity contribution in [1.29, 1.82) is 5.26 Å². The number of anilines is 2. The minimum atomic E-state index is 0.721. The lowest BCUT2D eigenvalue weighted by molar-refractivity contribution is 0.391. The first kappa shape index (κ1) is 19.0. The normalized spacial score (nSPS) is 13.6. The van der Waals surface area contributed by atoms with Crippen molar-refractivity contribution in [3.05, 3.63) is 84.4 Å². The highest BCUT2D eigenvalue weighted by Crippen LogP contribution is 2.28. The van der Waals surface area contributed by atoms with E-state index >= 15 is 0 Å². The van der Waals surface area contributed by atoms with Gasteiger partial charge in [0.05, 0.1) is 11.3 Å². The molecule has 3 aromatic rings. The van der Waals surface area contributed by atoms with Gasteiger partial charge in [0.1, 0.15) is 6.07 Å². The van der Waals surface area contributed by atoms with E-state index in [-0.39, 0.29) is 0 Å². The summed E-state index contributed by atoms with van der Waals surface area (Å²) in [6.07, 6.45) is 0. The second kappa shape index (κ2) is 8.76. The molecule has 29 heavy (non-hydrogen) atoms. The Labute approximate surface area is 177 Å². The van der Waals surface area contributed by atoms with Gasteiger partial charge in [-0.1, -0.05) is 60.7 Å². The van der Waals surface area contributed by atoms with E-state index in [0.29, 0.717) is 0 Å². The molecule has 0 aliphatic carbocycles. The van der Waals surface area contributed by atoms with Crippen molar-refractivity contribution >= 4 is 28.7 Å². The van der Waals surface area contributed by atoms with Crippen molar-refractivity contribution in [3.63, 3.8) is 0 Å². The Morgan fingerprint density at radius 3 is 2.24 bits per heavy atom. The van der Waals surface area contributed by atoms with E-state index in [1.165, 1.54) is 0 Å². The van der Waals surface area contributed by atoms with Crippen LogP contribution in [0.4, 0.5) is 11.4 Å². The molecule has 1 aliphatic rings. The topological polar surface area (TPSA) is 42.3 Å². The lowest BCUT2D eigenvalue weighted by Crippen LogP contribution is -2.50. The molecule has 4 nitrogen and oxygen atoms in total. The summed E-state index contributed by atoms with van der Waals surface area (Å²) in [4.78, 5) is 4.46. The van der Waals surface area contributed by atoms with E-state index in [4.69, 9.17) is 12.2 Å². The quantitative estimate of drug-likeness (QED) is 0.645. The summed E-state index contributed by atoms with van der Waals surface area (Å²) in [7, 11) is 0. The highest BCUT2D eigenvalue weighted by Gasteiger charge is 2.21. The van der Waals surface area contributed by atoms with Crippen molar-refractivity contribution in [2.24, 2.45) is 0 Å². The van der Waals surface area contributed by atoms with Crippen LogP contribution in [-0.4, -0.2) is 36.2 Å². The first-order chi connectivity index (χ1) is 14.3. The molecule has 0 unspecified atom stereocenters. The SMILES string of the molecule is N#Cc1ccccc1N1CCN(C(=S)Nc2ccccc2-c2ccccc2)CC1. The van der Waals surface area contributed by atoms with Gasteiger partial charge in [0.15, 0.2) is 5.11 Å². The van der Waals surface area contributed by atoms with E-state index < -0.39 is 0 Å². The number of benzene rings is 3. The zero-order chi connectivity index (χ0) is 20.1.